The van der Waals surface area contributed by atoms with Crippen LogP contribution in [0.2, 0.25) is 0 Å². The van der Waals surface area contributed by atoms with Crippen LogP contribution >= 0.6 is 11.3 Å². The molecule has 0 fully saturated rings. The molecule has 0 aliphatic heterocycles. The summed E-state index contributed by atoms with van der Waals surface area (Å²) >= 11 is 1.43. The Balaban J connectivity index is 1.99. The molecule has 0 unspecified atom stereocenters. The monoisotopic (exact) mass is 380 g/mol. The minimum atomic E-state index is -0.503. The molecule has 144 valence electrons. The van der Waals surface area contributed by atoms with Gasteiger partial charge in [-0.2, -0.15) is 0 Å². The minimum absolute atomic E-state index is 0.0782. The van der Waals surface area contributed by atoms with Crippen molar-refractivity contribution in [2.45, 2.75) is 52.5 Å². The number of nitrogens with two attached hydrogens (primary N) is 1. The van der Waals surface area contributed by atoms with Gasteiger partial charge in [0.1, 0.15) is 5.00 Å². The van der Waals surface area contributed by atoms with Crippen LogP contribution in [-0.2, 0) is 22.4 Å². The van der Waals surface area contributed by atoms with Crippen LogP contribution < -0.4 is 16.4 Å². The number of anilines is 1. The maximum atomic E-state index is 12.4. The molecule has 0 aromatic carbocycles. The summed E-state index contributed by atoms with van der Waals surface area (Å²) in [5.41, 5.74) is 6.63. The standard InChI is InChI=1S/C18H28N4O3S/c1-5-22(10-14(24)21-18(2,3)4)9-13(23)20-17-15(16(19)25)11-7-6-8-12(11)26-17/h5-10H2,1-4H3,(H2,19,25)(H,20,23)(H,21,24). The number of nitrogens with one attached hydrogen (secondary N) is 2. The molecule has 7 nitrogen and oxygen atoms in total. The number of fused-ring (bicyclic) bond motifs is 1. The van der Waals surface area contributed by atoms with Crippen LogP contribution in [0.25, 0.3) is 0 Å². The summed E-state index contributed by atoms with van der Waals surface area (Å²) in [6.07, 6.45) is 2.76. The molecule has 0 spiro atoms. The Hall–Kier alpha value is -1.93. The quantitative estimate of drug-likeness (QED) is 0.667. The van der Waals surface area contributed by atoms with E-state index in [4.69, 9.17) is 5.73 Å². The third kappa shape index (κ3) is 5.28. The van der Waals surface area contributed by atoms with E-state index in [1.54, 1.807) is 4.90 Å². The molecule has 2 rings (SSSR count). The fourth-order valence-corrected chi connectivity index (χ4v) is 4.37. The first kappa shape index (κ1) is 20.4. The summed E-state index contributed by atoms with van der Waals surface area (Å²) in [6.45, 7) is 8.42. The van der Waals surface area contributed by atoms with Crippen LogP contribution in [0, 0.1) is 0 Å². The zero-order chi connectivity index (χ0) is 19.5. The molecule has 26 heavy (non-hydrogen) atoms. The fraction of sp³-hybridized carbons (Fsp3) is 0.611. The third-order valence-electron chi connectivity index (χ3n) is 4.12. The van der Waals surface area contributed by atoms with Crippen molar-refractivity contribution in [2.24, 2.45) is 5.73 Å². The van der Waals surface area contributed by atoms with Gasteiger partial charge in [-0.1, -0.05) is 6.92 Å². The van der Waals surface area contributed by atoms with E-state index in [1.165, 1.54) is 11.3 Å². The predicted octanol–water partition coefficient (Wildman–Crippen LogP) is 1.51. The fourth-order valence-electron chi connectivity index (χ4n) is 3.06. The van der Waals surface area contributed by atoms with Gasteiger partial charge < -0.3 is 16.4 Å². The highest BCUT2D eigenvalue weighted by Gasteiger charge is 2.26. The minimum Gasteiger partial charge on any atom is -0.365 e. The molecule has 1 aliphatic carbocycles. The predicted molar refractivity (Wildman–Crippen MR) is 104 cm³/mol. The zero-order valence-corrected chi connectivity index (χ0v) is 16.7. The van der Waals surface area contributed by atoms with Gasteiger partial charge in [-0.3, -0.25) is 19.3 Å². The summed E-state index contributed by atoms with van der Waals surface area (Å²) in [5.74, 6) is -0.880. The van der Waals surface area contributed by atoms with Gasteiger partial charge in [0.15, 0.2) is 0 Å². The Kier molecular flexibility index (Phi) is 6.41. The van der Waals surface area contributed by atoms with Gasteiger partial charge in [-0.25, -0.2) is 0 Å². The smallest absolute Gasteiger partial charge is 0.251 e. The number of thiophene rings is 1. The van der Waals surface area contributed by atoms with Crippen LogP contribution in [0.15, 0.2) is 0 Å². The lowest BCUT2D eigenvalue weighted by Crippen LogP contribution is -2.47. The molecule has 0 radical (unpaired) electrons. The van der Waals surface area contributed by atoms with Gasteiger partial charge in [-0.15, -0.1) is 11.3 Å². The second kappa shape index (κ2) is 8.18. The number of hydrogen-bond donors (Lipinski definition) is 3. The molecular weight excluding hydrogens is 352 g/mol. The molecule has 1 aliphatic rings. The number of likely N-dealkylation sites (N-methyl/N-ethyl adjacent to an activating group) is 1. The number of aryl methyl sites for hydroxylation is 1. The Morgan fingerprint density at radius 2 is 1.81 bits per heavy atom. The van der Waals surface area contributed by atoms with Crippen LogP contribution in [0.1, 0.15) is 54.9 Å². The maximum absolute atomic E-state index is 12.4. The normalized spacial score (nSPS) is 13.6. The van der Waals surface area contributed by atoms with E-state index in [2.05, 4.69) is 10.6 Å². The van der Waals surface area contributed by atoms with E-state index < -0.39 is 5.91 Å². The molecule has 0 saturated heterocycles. The lowest BCUT2D eigenvalue weighted by Gasteiger charge is -2.24. The van der Waals surface area contributed by atoms with Gasteiger partial charge >= 0.3 is 0 Å². The second-order valence-electron chi connectivity index (χ2n) is 7.58. The third-order valence-corrected chi connectivity index (χ3v) is 5.32. The molecule has 0 bridgehead atoms. The van der Waals surface area contributed by atoms with Crippen molar-refractivity contribution < 1.29 is 14.4 Å². The van der Waals surface area contributed by atoms with Crippen molar-refractivity contribution in [2.75, 3.05) is 25.0 Å². The SMILES string of the molecule is CCN(CC(=O)Nc1sc2c(c1C(N)=O)CCC2)CC(=O)NC(C)(C)C. The summed E-state index contributed by atoms with van der Waals surface area (Å²) < 4.78 is 0. The maximum Gasteiger partial charge on any atom is 0.251 e. The molecule has 3 amide bonds. The van der Waals surface area contributed by atoms with Gasteiger partial charge in [0.2, 0.25) is 11.8 Å². The Morgan fingerprint density at radius 1 is 1.15 bits per heavy atom. The van der Waals surface area contributed by atoms with E-state index in [0.29, 0.717) is 17.1 Å². The highest BCUT2D eigenvalue weighted by molar-refractivity contribution is 7.17. The first-order valence-electron chi connectivity index (χ1n) is 8.88. The lowest BCUT2D eigenvalue weighted by atomic mass is 10.1. The summed E-state index contributed by atoms with van der Waals surface area (Å²) in [5, 5.41) is 6.23. The Morgan fingerprint density at radius 3 is 2.38 bits per heavy atom. The topological polar surface area (TPSA) is 105 Å². The van der Waals surface area contributed by atoms with Crippen molar-refractivity contribution in [3.63, 3.8) is 0 Å². The average Bonchev–Trinajstić information content (AvgIpc) is 3.03. The molecule has 1 aromatic heterocycles. The van der Waals surface area contributed by atoms with Crippen molar-refractivity contribution in [1.29, 1.82) is 0 Å². The molecule has 1 heterocycles. The van der Waals surface area contributed by atoms with E-state index in [1.807, 2.05) is 27.7 Å². The summed E-state index contributed by atoms with van der Waals surface area (Å²) in [6, 6.07) is 0. The molecule has 1 aromatic rings. The number of carbonyl (C=O) groups is 3. The van der Waals surface area contributed by atoms with Crippen LogP contribution in [0.4, 0.5) is 5.00 Å². The van der Waals surface area contributed by atoms with E-state index in [-0.39, 0.29) is 30.4 Å². The summed E-state index contributed by atoms with van der Waals surface area (Å²) in [7, 11) is 0. The summed E-state index contributed by atoms with van der Waals surface area (Å²) in [4.78, 5) is 39.2. The Labute approximate surface area is 158 Å². The van der Waals surface area contributed by atoms with Crippen molar-refractivity contribution >= 4 is 34.1 Å². The van der Waals surface area contributed by atoms with Crippen molar-refractivity contribution in [1.82, 2.24) is 10.2 Å². The number of primary amides is 1. The van der Waals surface area contributed by atoms with Gasteiger partial charge in [-0.05, 0) is 52.1 Å². The van der Waals surface area contributed by atoms with Crippen molar-refractivity contribution in [3.8, 4) is 0 Å². The molecule has 8 heteroatoms. The Bertz CT molecular complexity index is 706. The molecular formula is C18H28N4O3S. The molecule has 4 N–H and O–H groups in total. The second-order valence-corrected chi connectivity index (χ2v) is 8.68. The van der Waals surface area contributed by atoms with Gasteiger partial charge in [0.05, 0.1) is 18.7 Å². The highest BCUT2D eigenvalue weighted by atomic mass is 32.1. The van der Waals surface area contributed by atoms with E-state index >= 15 is 0 Å². The van der Waals surface area contributed by atoms with Crippen molar-refractivity contribution in [3.05, 3.63) is 16.0 Å². The van der Waals surface area contributed by atoms with E-state index in [9.17, 15) is 14.4 Å². The van der Waals surface area contributed by atoms with Gasteiger partial charge in [0.25, 0.3) is 5.91 Å². The average molecular weight is 381 g/mol. The number of carbonyl (C=O) groups excluding carboxylic acids is 3. The van der Waals surface area contributed by atoms with Crippen LogP contribution in [-0.4, -0.2) is 47.8 Å². The number of rotatable bonds is 7. The van der Waals surface area contributed by atoms with Crippen LogP contribution in [0.3, 0.4) is 0 Å². The number of nitrogens with zero attached hydrogens (tertiary/aromatic N) is 1. The first-order valence-corrected chi connectivity index (χ1v) is 9.70. The lowest BCUT2D eigenvalue weighted by molar-refractivity contribution is -0.124. The van der Waals surface area contributed by atoms with Gasteiger partial charge in [0, 0.05) is 10.4 Å². The largest absolute Gasteiger partial charge is 0.365 e. The highest BCUT2D eigenvalue weighted by Crippen LogP contribution is 2.38. The van der Waals surface area contributed by atoms with E-state index in [0.717, 1.165) is 29.7 Å². The van der Waals surface area contributed by atoms with Crippen LogP contribution in [0.5, 0.6) is 0 Å². The first-order chi connectivity index (χ1) is 12.1. The molecule has 0 atom stereocenters. The molecule has 0 saturated carbocycles. The zero-order valence-electron chi connectivity index (χ0n) is 15.9. The number of amides is 3. The number of hydrogen-bond acceptors (Lipinski definition) is 5.